The van der Waals surface area contributed by atoms with Gasteiger partial charge in [-0.1, -0.05) is 29.8 Å². The minimum absolute atomic E-state index is 0.0175. The number of amides is 1. The first kappa shape index (κ1) is 14.6. The van der Waals surface area contributed by atoms with Crippen molar-refractivity contribution in [2.75, 3.05) is 6.54 Å². The minimum atomic E-state index is -4.40. The zero-order chi connectivity index (χ0) is 13.8. The summed E-state index contributed by atoms with van der Waals surface area (Å²) in [6, 6.07) is 3.12. The van der Waals surface area contributed by atoms with Crippen LogP contribution < -0.4 is 5.32 Å². The molecule has 0 aromatic heterocycles. The molecule has 1 aromatic carbocycles. The van der Waals surface area contributed by atoms with Crippen molar-refractivity contribution in [3.63, 3.8) is 0 Å². The molecular formula is C12H11ClF3NO. The Hall–Kier alpha value is -1.49. The number of rotatable bonds is 3. The van der Waals surface area contributed by atoms with Gasteiger partial charge in [-0.15, -0.1) is 0 Å². The van der Waals surface area contributed by atoms with Crippen molar-refractivity contribution in [3.05, 3.63) is 40.4 Å². The molecule has 0 bridgehead atoms. The quantitative estimate of drug-likeness (QED) is 0.900. The summed E-state index contributed by atoms with van der Waals surface area (Å²) >= 11 is 5.74. The first-order chi connectivity index (χ1) is 8.30. The van der Waals surface area contributed by atoms with Gasteiger partial charge in [-0.25, -0.2) is 0 Å². The van der Waals surface area contributed by atoms with Gasteiger partial charge in [0.05, 0.1) is 5.56 Å². The smallest absolute Gasteiger partial charge is 0.353 e. The third kappa shape index (κ3) is 4.41. The molecule has 98 valence electrons. The molecule has 0 unspecified atom stereocenters. The van der Waals surface area contributed by atoms with Gasteiger partial charge in [0.25, 0.3) is 0 Å². The van der Waals surface area contributed by atoms with Gasteiger partial charge >= 0.3 is 6.18 Å². The third-order valence-electron chi connectivity index (χ3n) is 2.09. The molecule has 0 atom stereocenters. The molecular weight excluding hydrogens is 267 g/mol. The van der Waals surface area contributed by atoms with Crippen molar-refractivity contribution < 1.29 is 18.0 Å². The van der Waals surface area contributed by atoms with Gasteiger partial charge in [0, 0.05) is 18.5 Å². The second kappa shape index (κ2) is 5.91. The molecule has 0 saturated carbocycles. The highest BCUT2D eigenvalue weighted by molar-refractivity contribution is 6.32. The Labute approximate surface area is 107 Å². The molecule has 0 saturated heterocycles. The van der Waals surface area contributed by atoms with Crippen molar-refractivity contribution in [1.82, 2.24) is 5.32 Å². The second-order valence-electron chi connectivity index (χ2n) is 3.57. The zero-order valence-electron chi connectivity index (χ0n) is 9.51. The summed E-state index contributed by atoms with van der Waals surface area (Å²) < 4.78 is 37.1. The van der Waals surface area contributed by atoms with E-state index in [1.807, 2.05) is 0 Å². The van der Waals surface area contributed by atoms with Gasteiger partial charge in [0.15, 0.2) is 0 Å². The van der Waals surface area contributed by atoms with Crippen molar-refractivity contribution >= 4 is 23.6 Å². The van der Waals surface area contributed by atoms with E-state index in [9.17, 15) is 18.0 Å². The van der Waals surface area contributed by atoms with Gasteiger partial charge in [0.2, 0.25) is 5.91 Å². The molecule has 1 N–H and O–H groups in total. The lowest BCUT2D eigenvalue weighted by Crippen LogP contribution is -2.19. The maximum atomic E-state index is 12.4. The minimum Gasteiger partial charge on any atom is -0.353 e. The normalized spacial score (nSPS) is 11.8. The second-order valence-corrected chi connectivity index (χ2v) is 3.98. The van der Waals surface area contributed by atoms with E-state index >= 15 is 0 Å². The number of carbonyl (C=O) groups is 1. The Bertz CT molecular complexity index is 469. The van der Waals surface area contributed by atoms with E-state index in [0.717, 1.165) is 12.1 Å². The maximum absolute atomic E-state index is 12.4. The fourth-order valence-corrected chi connectivity index (χ4v) is 1.47. The Morgan fingerprint density at radius 3 is 2.61 bits per heavy atom. The van der Waals surface area contributed by atoms with E-state index in [-0.39, 0.29) is 10.9 Å². The monoisotopic (exact) mass is 277 g/mol. The van der Waals surface area contributed by atoms with E-state index in [1.54, 1.807) is 12.2 Å². The molecule has 0 fully saturated rings. The Morgan fingerprint density at radius 2 is 2.11 bits per heavy atom. The Morgan fingerprint density at radius 1 is 1.44 bits per heavy atom. The topological polar surface area (TPSA) is 29.1 Å². The SMILES string of the molecule is CC(=O)NCC=Cc1ccc(C(F)(F)F)cc1Cl. The number of hydrogen-bond acceptors (Lipinski definition) is 1. The molecule has 0 spiro atoms. The van der Waals surface area contributed by atoms with Crippen LogP contribution in [0.2, 0.25) is 5.02 Å². The standard InChI is InChI=1S/C12H11ClF3NO/c1-8(18)17-6-2-3-9-4-5-10(7-11(9)13)12(14,15)16/h2-5,7H,6H2,1H3,(H,17,18). The van der Waals surface area contributed by atoms with E-state index in [1.165, 1.54) is 13.0 Å². The molecule has 1 amide bonds. The summed E-state index contributed by atoms with van der Waals surface area (Å²) in [7, 11) is 0. The summed E-state index contributed by atoms with van der Waals surface area (Å²) in [5.74, 6) is -0.182. The molecule has 0 aliphatic heterocycles. The van der Waals surface area contributed by atoms with E-state index in [0.29, 0.717) is 12.1 Å². The molecule has 1 rings (SSSR count). The van der Waals surface area contributed by atoms with Gasteiger partial charge in [-0.2, -0.15) is 13.2 Å². The van der Waals surface area contributed by atoms with Gasteiger partial charge in [0.1, 0.15) is 0 Å². The highest BCUT2D eigenvalue weighted by Gasteiger charge is 2.30. The average Bonchev–Trinajstić information content (AvgIpc) is 2.24. The molecule has 0 radical (unpaired) electrons. The number of halogens is 4. The van der Waals surface area contributed by atoms with Crippen LogP contribution in [0.3, 0.4) is 0 Å². The van der Waals surface area contributed by atoms with Crippen LogP contribution in [0.4, 0.5) is 13.2 Å². The highest BCUT2D eigenvalue weighted by Crippen LogP contribution is 2.32. The molecule has 6 heteroatoms. The summed E-state index contributed by atoms with van der Waals surface area (Å²) in [6.45, 7) is 1.67. The largest absolute Gasteiger partial charge is 0.416 e. The number of benzene rings is 1. The molecule has 0 aliphatic carbocycles. The number of carbonyl (C=O) groups excluding carboxylic acids is 1. The number of alkyl halides is 3. The first-order valence-electron chi connectivity index (χ1n) is 5.08. The molecule has 2 nitrogen and oxygen atoms in total. The maximum Gasteiger partial charge on any atom is 0.416 e. The lowest BCUT2D eigenvalue weighted by atomic mass is 10.1. The predicted octanol–water partition coefficient (Wildman–Crippen LogP) is 3.51. The first-order valence-corrected chi connectivity index (χ1v) is 5.46. The van der Waals surface area contributed by atoms with E-state index < -0.39 is 11.7 Å². The summed E-state index contributed by atoms with van der Waals surface area (Å²) in [5, 5.41) is 2.54. The van der Waals surface area contributed by atoms with Gasteiger partial charge in [-0.05, 0) is 17.7 Å². The molecule has 18 heavy (non-hydrogen) atoms. The summed E-state index contributed by atoms with van der Waals surface area (Å²) in [4.78, 5) is 10.6. The number of nitrogens with one attached hydrogen (secondary N) is 1. The number of hydrogen-bond donors (Lipinski definition) is 1. The van der Waals surface area contributed by atoms with Gasteiger partial charge < -0.3 is 5.32 Å². The zero-order valence-corrected chi connectivity index (χ0v) is 10.3. The van der Waals surface area contributed by atoms with Crippen molar-refractivity contribution in [2.24, 2.45) is 0 Å². The molecule has 1 aromatic rings. The van der Waals surface area contributed by atoms with Crippen molar-refractivity contribution in [1.29, 1.82) is 0 Å². The molecule has 0 heterocycles. The summed E-state index contributed by atoms with van der Waals surface area (Å²) in [6.07, 6.45) is -1.24. The van der Waals surface area contributed by atoms with Crippen LogP contribution in [0.15, 0.2) is 24.3 Å². The van der Waals surface area contributed by atoms with Crippen molar-refractivity contribution in [2.45, 2.75) is 13.1 Å². The van der Waals surface area contributed by atoms with Crippen LogP contribution in [0, 0.1) is 0 Å². The van der Waals surface area contributed by atoms with Crippen LogP contribution in [0.1, 0.15) is 18.1 Å². The summed E-state index contributed by atoms with van der Waals surface area (Å²) in [5.41, 5.74) is -0.318. The van der Waals surface area contributed by atoms with E-state index in [2.05, 4.69) is 5.32 Å². The average molecular weight is 278 g/mol. The third-order valence-corrected chi connectivity index (χ3v) is 2.42. The van der Waals surface area contributed by atoms with Crippen LogP contribution in [-0.4, -0.2) is 12.5 Å². The van der Waals surface area contributed by atoms with Crippen LogP contribution in [0.5, 0.6) is 0 Å². The van der Waals surface area contributed by atoms with Crippen molar-refractivity contribution in [3.8, 4) is 0 Å². The van der Waals surface area contributed by atoms with E-state index in [4.69, 9.17) is 11.6 Å². The fourth-order valence-electron chi connectivity index (χ4n) is 1.23. The Kier molecular flexibility index (Phi) is 4.78. The molecule has 0 aliphatic rings. The van der Waals surface area contributed by atoms with Gasteiger partial charge in [-0.3, -0.25) is 4.79 Å². The van der Waals surface area contributed by atoms with Crippen LogP contribution in [0.25, 0.3) is 6.08 Å². The highest BCUT2D eigenvalue weighted by atomic mass is 35.5. The predicted molar refractivity (Wildman–Crippen MR) is 64.2 cm³/mol. The lowest BCUT2D eigenvalue weighted by Gasteiger charge is -2.07. The van der Waals surface area contributed by atoms with Crippen LogP contribution in [-0.2, 0) is 11.0 Å². The Balaban J connectivity index is 2.77. The van der Waals surface area contributed by atoms with Crippen LogP contribution >= 0.6 is 11.6 Å². The fraction of sp³-hybridized carbons (Fsp3) is 0.250. The lowest BCUT2D eigenvalue weighted by molar-refractivity contribution is -0.137.